The zero-order valence-corrected chi connectivity index (χ0v) is 27.0. The van der Waals surface area contributed by atoms with Gasteiger partial charge in [-0.2, -0.15) is 5.10 Å². The highest BCUT2D eigenvalue weighted by Gasteiger charge is 2.34. The van der Waals surface area contributed by atoms with Crippen LogP contribution in [0.3, 0.4) is 0 Å². The number of piperazine rings is 1. The second-order valence-electron chi connectivity index (χ2n) is 13.1. The number of carbonyl (C=O) groups is 4. The molecule has 5 rings (SSSR count). The number of ketones is 1. The number of carbonyl (C=O) groups excluding carboxylic acids is 4. The number of fused-ring (bicyclic) bond motifs is 1. The average Bonchev–Trinajstić information content (AvgIpc) is 3.51. The third-order valence-electron chi connectivity index (χ3n) is 10.0. The lowest BCUT2D eigenvalue weighted by Crippen LogP contribution is -2.59. The number of piperidine rings is 1. The molecule has 2 saturated heterocycles. The predicted molar refractivity (Wildman–Crippen MR) is 173 cm³/mol. The molecular formula is C35H50N6O4. The summed E-state index contributed by atoms with van der Waals surface area (Å²) in [4.78, 5) is 57.0. The molecule has 3 aliphatic rings. The van der Waals surface area contributed by atoms with E-state index in [9.17, 15) is 19.2 Å². The summed E-state index contributed by atoms with van der Waals surface area (Å²) in [5.41, 5.74) is 2.45. The number of benzene rings is 1. The van der Waals surface area contributed by atoms with E-state index in [1.54, 1.807) is 26.2 Å². The van der Waals surface area contributed by atoms with Crippen LogP contribution in [0, 0.1) is 5.92 Å². The van der Waals surface area contributed by atoms with Gasteiger partial charge in [-0.05, 0) is 61.8 Å². The van der Waals surface area contributed by atoms with Gasteiger partial charge in [0.25, 0.3) is 5.91 Å². The minimum absolute atomic E-state index is 0.00128. The van der Waals surface area contributed by atoms with Crippen LogP contribution < -0.4 is 10.6 Å². The number of Topliss-reactive ketones (excluding diaryl/α,β-unsaturated/α-hetero) is 1. The standard InChI is InChI=1S/C35H50N6O4/c1-3-32(43)37-29(35(45)41-22-21-40-20-8-7-11-28(40)24-41)23-26-14-12-25(13-15-26)16-17-31(42)33(27-9-5-4-6-10-27)38-34(44)30-18-19-36-39(30)2/h12-15,18-19,27-29,33H,3-11,16-17,20-24H2,1-2H3,(H,37,43)(H,38,44)/t28-,29-,33+/m1/s1. The molecule has 45 heavy (non-hydrogen) atoms. The Bertz CT molecular complexity index is 1320. The third-order valence-corrected chi connectivity index (χ3v) is 10.0. The summed E-state index contributed by atoms with van der Waals surface area (Å²) in [5, 5.41) is 10.1. The molecule has 1 aromatic carbocycles. The van der Waals surface area contributed by atoms with Crippen LogP contribution in [0.1, 0.15) is 92.7 Å². The number of aryl methyl sites for hydroxylation is 2. The summed E-state index contributed by atoms with van der Waals surface area (Å²) >= 11 is 0. The van der Waals surface area contributed by atoms with Gasteiger partial charge in [0.2, 0.25) is 11.8 Å². The van der Waals surface area contributed by atoms with E-state index in [-0.39, 0.29) is 29.4 Å². The SMILES string of the molecule is CCC(=O)N[C@H](Cc1ccc(CCC(=O)[C@@H](NC(=O)c2ccnn2C)C2CCCCC2)cc1)C(=O)N1CCN2CCCC[C@@H]2C1. The van der Waals surface area contributed by atoms with Crippen LogP contribution in [0.25, 0.3) is 0 Å². The van der Waals surface area contributed by atoms with Gasteiger partial charge in [-0.1, -0.05) is 56.9 Å². The zero-order chi connectivity index (χ0) is 31.8. The molecule has 1 aliphatic carbocycles. The Morgan fingerprint density at radius 2 is 1.62 bits per heavy atom. The summed E-state index contributed by atoms with van der Waals surface area (Å²) in [6, 6.07) is 9.01. The first-order valence-corrected chi connectivity index (χ1v) is 17.0. The summed E-state index contributed by atoms with van der Waals surface area (Å²) in [6.07, 6.45) is 12.0. The van der Waals surface area contributed by atoms with E-state index in [4.69, 9.17) is 0 Å². The van der Waals surface area contributed by atoms with Crippen LogP contribution in [0.5, 0.6) is 0 Å². The Kier molecular flexibility index (Phi) is 11.4. The summed E-state index contributed by atoms with van der Waals surface area (Å²) < 4.78 is 1.53. The van der Waals surface area contributed by atoms with Crippen LogP contribution in [0.4, 0.5) is 0 Å². The quantitative estimate of drug-likeness (QED) is 0.377. The molecule has 0 spiro atoms. The molecule has 2 aliphatic heterocycles. The van der Waals surface area contributed by atoms with Gasteiger partial charge < -0.3 is 15.5 Å². The fraction of sp³-hybridized carbons (Fsp3) is 0.629. The van der Waals surface area contributed by atoms with Crippen LogP contribution >= 0.6 is 0 Å². The topological polar surface area (TPSA) is 117 Å². The van der Waals surface area contributed by atoms with Crippen molar-refractivity contribution in [3.05, 3.63) is 53.3 Å². The lowest BCUT2D eigenvalue weighted by atomic mass is 9.81. The minimum Gasteiger partial charge on any atom is -0.344 e. The Hall–Kier alpha value is -3.53. The molecule has 2 aromatic rings. The van der Waals surface area contributed by atoms with E-state index >= 15 is 0 Å². The molecule has 10 nitrogen and oxygen atoms in total. The maximum Gasteiger partial charge on any atom is 0.270 e. The van der Waals surface area contributed by atoms with Crippen molar-refractivity contribution in [1.29, 1.82) is 0 Å². The fourth-order valence-electron chi connectivity index (χ4n) is 7.31. The summed E-state index contributed by atoms with van der Waals surface area (Å²) in [6.45, 7) is 5.24. The maximum atomic E-state index is 13.7. The monoisotopic (exact) mass is 618 g/mol. The van der Waals surface area contributed by atoms with Crippen LogP contribution in [0.15, 0.2) is 36.5 Å². The maximum absolute atomic E-state index is 13.7. The van der Waals surface area contributed by atoms with Crippen molar-refractivity contribution in [2.75, 3.05) is 26.2 Å². The molecule has 2 N–H and O–H groups in total. The van der Waals surface area contributed by atoms with Crippen molar-refractivity contribution in [2.45, 2.75) is 102 Å². The van der Waals surface area contributed by atoms with Gasteiger partial charge in [-0.15, -0.1) is 0 Å². The van der Waals surface area contributed by atoms with Gasteiger partial charge in [-0.25, -0.2) is 0 Å². The molecule has 1 saturated carbocycles. The molecule has 0 radical (unpaired) electrons. The second-order valence-corrected chi connectivity index (χ2v) is 13.1. The Morgan fingerprint density at radius 1 is 0.889 bits per heavy atom. The molecule has 3 atom stereocenters. The van der Waals surface area contributed by atoms with Gasteiger partial charge in [0.1, 0.15) is 11.7 Å². The van der Waals surface area contributed by atoms with Crippen LogP contribution in [-0.4, -0.2) is 87.4 Å². The van der Waals surface area contributed by atoms with Gasteiger partial charge in [0.15, 0.2) is 5.78 Å². The Balaban J connectivity index is 1.19. The van der Waals surface area contributed by atoms with Crippen LogP contribution in [-0.2, 0) is 34.3 Å². The Morgan fingerprint density at radius 3 is 2.33 bits per heavy atom. The number of amides is 3. The number of hydrogen-bond donors (Lipinski definition) is 2. The van der Waals surface area contributed by atoms with E-state index < -0.39 is 12.1 Å². The highest BCUT2D eigenvalue weighted by molar-refractivity contribution is 5.97. The third kappa shape index (κ3) is 8.60. The molecular weight excluding hydrogens is 568 g/mol. The number of nitrogens with one attached hydrogen (secondary N) is 2. The largest absolute Gasteiger partial charge is 0.344 e. The van der Waals surface area contributed by atoms with E-state index in [1.807, 2.05) is 29.2 Å². The predicted octanol–water partition coefficient (Wildman–Crippen LogP) is 3.43. The molecule has 3 fully saturated rings. The summed E-state index contributed by atoms with van der Waals surface area (Å²) in [7, 11) is 1.73. The first-order chi connectivity index (χ1) is 21.8. The Labute approximate surface area is 267 Å². The van der Waals surface area contributed by atoms with Crippen LogP contribution in [0.2, 0.25) is 0 Å². The fourth-order valence-corrected chi connectivity index (χ4v) is 7.31. The van der Waals surface area contributed by atoms with Gasteiger partial charge in [0, 0.05) is 58.2 Å². The molecule has 0 bridgehead atoms. The number of hydrogen-bond acceptors (Lipinski definition) is 6. The number of nitrogens with zero attached hydrogens (tertiary/aromatic N) is 4. The number of rotatable bonds is 12. The van der Waals surface area contributed by atoms with Crippen molar-refractivity contribution < 1.29 is 19.2 Å². The zero-order valence-electron chi connectivity index (χ0n) is 27.0. The summed E-state index contributed by atoms with van der Waals surface area (Å²) in [5.74, 6) is -0.170. The van der Waals surface area contributed by atoms with E-state index in [2.05, 4.69) is 20.6 Å². The lowest BCUT2D eigenvalue weighted by molar-refractivity contribution is -0.139. The van der Waals surface area contributed by atoms with Crippen molar-refractivity contribution in [3.63, 3.8) is 0 Å². The van der Waals surface area contributed by atoms with E-state index in [0.29, 0.717) is 44.0 Å². The van der Waals surface area contributed by atoms with Crippen molar-refractivity contribution in [1.82, 2.24) is 30.2 Å². The van der Waals surface area contributed by atoms with Gasteiger partial charge in [0.05, 0.1) is 6.04 Å². The van der Waals surface area contributed by atoms with Gasteiger partial charge in [-0.3, -0.25) is 28.8 Å². The van der Waals surface area contributed by atoms with Gasteiger partial charge >= 0.3 is 0 Å². The normalized spacial score (nSPS) is 20.6. The second kappa shape index (κ2) is 15.7. The highest BCUT2D eigenvalue weighted by atomic mass is 16.2. The molecule has 10 heteroatoms. The van der Waals surface area contributed by atoms with Crippen molar-refractivity contribution in [3.8, 4) is 0 Å². The smallest absolute Gasteiger partial charge is 0.270 e. The van der Waals surface area contributed by atoms with Crippen molar-refractivity contribution >= 4 is 23.5 Å². The average molecular weight is 619 g/mol. The van der Waals surface area contributed by atoms with E-state index in [1.165, 1.54) is 23.9 Å². The molecule has 3 heterocycles. The molecule has 0 unspecified atom stereocenters. The minimum atomic E-state index is -0.598. The highest BCUT2D eigenvalue weighted by Crippen LogP contribution is 2.28. The molecule has 3 amide bonds. The van der Waals surface area contributed by atoms with E-state index in [0.717, 1.165) is 62.9 Å². The number of aromatic nitrogens is 2. The lowest BCUT2D eigenvalue weighted by Gasteiger charge is -2.44. The molecule has 1 aromatic heterocycles. The van der Waals surface area contributed by atoms with Crippen molar-refractivity contribution in [2.24, 2.45) is 13.0 Å². The molecule has 244 valence electrons. The first-order valence-electron chi connectivity index (χ1n) is 17.0. The first kappa shape index (κ1) is 32.9.